The molecule has 19 heavy (non-hydrogen) atoms. The van der Waals surface area contributed by atoms with E-state index in [1.54, 1.807) is 0 Å². The van der Waals surface area contributed by atoms with Crippen molar-refractivity contribution in [2.45, 2.75) is 51.5 Å². The summed E-state index contributed by atoms with van der Waals surface area (Å²) in [5, 5.41) is 0. The van der Waals surface area contributed by atoms with Gasteiger partial charge in [0.15, 0.2) is 0 Å². The zero-order chi connectivity index (χ0) is 13.7. The lowest BCUT2D eigenvalue weighted by Gasteiger charge is -2.25. The van der Waals surface area contributed by atoms with Crippen molar-refractivity contribution in [2.75, 3.05) is 6.61 Å². The number of hydrogen-bond donors (Lipinski definition) is 1. The fourth-order valence-corrected chi connectivity index (χ4v) is 3.45. The molecule has 0 bridgehead atoms. The number of rotatable bonds is 5. The molecule has 2 N–H and O–H groups in total. The third-order valence-electron chi connectivity index (χ3n) is 4.00. The summed E-state index contributed by atoms with van der Waals surface area (Å²) in [4.78, 5) is 0. The van der Waals surface area contributed by atoms with E-state index >= 15 is 0 Å². The third kappa shape index (κ3) is 4.22. The number of nitrogens with two attached hydrogens (primary N) is 1. The highest BCUT2D eigenvalue weighted by molar-refractivity contribution is 9.10. The van der Waals surface area contributed by atoms with Crippen LogP contribution < -0.4 is 10.5 Å². The molecular formula is C16H24BrNO. The molecule has 0 saturated heterocycles. The smallest absolute Gasteiger partial charge is 0.133 e. The maximum atomic E-state index is 6.36. The van der Waals surface area contributed by atoms with Gasteiger partial charge in [-0.3, -0.25) is 0 Å². The molecule has 1 aliphatic carbocycles. The molecule has 0 aromatic heterocycles. The molecule has 0 heterocycles. The van der Waals surface area contributed by atoms with Crippen molar-refractivity contribution >= 4 is 15.9 Å². The lowest BCUT2D eigenvalue weighted by Crippen LogP contribution is -2.17. The summed E-state index contributed by atoms with van der Waals surface area (Å²) in [5.41, 5.74) is 7.57. The molecule has 1 aliphatic rings. The third-order valence-corrected chi connectivity index (χ3v) is 4.62. The molecule has 0 amide bonds. The fourth-order valence-electron chi connectivity index (χ4n) is 2.94. The van der Waals surface area contributed by atoms with Crippen LogP contribution in [0.15, 0.2) is 22.7 Å². The standard InChI is InChI=1S/C16H24BrNO/c1-2-19-16-9-8-13(11-14(16)17)15(18)10-12-6-4-3-5-7-12/h8-9,11-12,15H,2-7,10,18H2,1H3. The van der Waals surface area contributed by atoms with E-state index in [4.69, 9.17) is 10.5 Å². The van der Waals surface area contributed by atoms with Crippen molar-refractivity contribution in [1.82, 2.24) is 0 Å². The van der Waals surface area contributed by atoms with Crippen LogP contribution in [0.5, 0.6) is 5.75 Å². The molecule has 2 rings (SSSR count). The molecule has 0 spiro atoms. The van der Waals surface area contributed by atoms with Gasteiger partial charge in [-0.05, 0) is 52.9 Å². The fraction of sp³-hybridized carbons (Fsp3) is 0.625. The van der Waals surface area contributed by atoms with E-state index in [1.165, 1.54) is 37.7 Å². The van der Waals surface area contributed by atoms with Crippen molar-refractivity contribution < 1.29 is 4.74 Å². The van der Waals surface area contributed by atoms with E-state index < -0.39 is 0 Å². The first kappa shape index (κ1) is 14.9. The van der Waals surface area contributed by atoms with Crippen molar-refractivity contribution in [3.8, 4) is 5.75 Å². The van der Waals surface area contributed by atoms with Gasteiger partial charge >= 0.3 is 0 Å². The van der Waals surface area contributed by atoms with E-state index in [2.05, 4.69) is 28.1 Å². The molecule has 1 atom stereocenters. The molecule has 0 radical (unpaired) electrons. The molecule has 1 aromatic rings. The van der Waals surface area contributed by atoms with Gasteiger partial charge in [0.05, 0.1) is 11.1 Å². The number of benzene rings is 1. The Labute approximate surface area is 124 Å². The molecule has 2 nitrogen and oxygen atoms in total. The lowest BCUT2D eigenvalue weighted by molar-refractivity contribution is 0.318. The minimum atomic E-state index is 0.148. The van der Waals surface area contributed by atoms with E-state index in [-0.39, 0.29) is 6.04 Å². The number of halogens is 1. The van der Waals surface area contributed by atoms with Gasteiger partial charge in [-0.1, -0.05) is 38.2 Å². The van der Waals surface area contributed by atoms with Crippen molar-refractivity contribution in [3.63, 3.8) is 0 Å². The zero-order valence-corrected chi connectivity index (χ0v) is 13.3. The summed E-state index contributed by atoms with van der Waals surface area (Å²) in [7, 11) is 0. The van der Waals surface area contributed by atoms with E-state index in [1.807, 2.05) is 13.0 Å². The first-order chi connectivity index (χ1) is 9.20. The van der Waals surface area contributed by atoms with E-state index in [0.29, 0.717) is 6.61 Å². The monoisotopic (exact) mass is 325 g/mol. The Morgan fingerprint density at radius 3 is 2.68 bits per heavy atom. The van der Waals surface area contributed by atoms with E-state index in [9.17, 15) is 0 Å². The van der Waals surface area contributed by atoms with Gasteiger partial charge in [-0.25, -0.2) is 0 Å². The zero-order valence-electron chi connectivity index (χ0n) is 11.7. The van der Waals surface area contributed by atoms with Crippen LogP contribution in [-0.2, 0) is 0 Å². The van der Waals surface area contributed by atoms with Gasteiger partial charge in [-0.15, -0.1) is 0 Å². The van der Waals surface area contributed by atoms with Crippen LogP contribution >= 0.6 is 15.9 Å². The Hall–Kier alpha value is -0.540. The van der Waals surface area contributed by atoms with Crippen LogP contribution in [0.2, 0.25) is 0 Å². The summed E-state index contributed by atoms with van der Waals surface area (Å²) >= 11 is 3.56. The topological polar surface area (TPSA) is 35.2 Å². The Morgan fingerprint density at radius 1 is 1.32 bits per heavy atom. The predicted molar refractivity (Wildman–Crippen MR) is 83.4 cm³/mol. The summed E-state index contributed by atoms with van der Waals surface area (Å²) in [5.74, 6) is 1.71. The second kappa shape index (κ2) is 7.30. The molecule has 1 saturated carbocycles. The Kier molecular flexibility index (Phi) is 5.71. The molecule has 1 unspecified atom stereocenters. The van der Waals surface area contributed by atoms with Gasteiger partial charge < -0.3 is 10.5 Å². The summed E-state index contributed by atoms with van der Waals surface area (Å²) in [6, 6.07) is 6.38. The lowest BCUT2D eigenvalue weighted by atomic mass is 9.83. The van der Waals surface area contributed by atoms with Gasteiger partial charge in [-0.2, -0.15) is 0 Å². The van der Waals surface area contributed by atoms with Crippen molar-refractivity contribution in [3.05, 3.63) is 28.2 Å². The second-order valence-electron chi connectivity index (χ2n) is 5.47. The van der Waals surface area contributed by atoms with Gasteiger partial charge in [0.25, 0.3) is 0 Å². The molecule has 3 heteroatoms. The van der Waals surface area contributed by atoms with Crippen LogP contribution in [0.4, 0.5) is 0 Å². The summed E-state index contributed by atoms with van der Waals surface area (Å²) in [6.45, 7) is 2.68. The van der Waals surface area contributed by atoms with Crippen molar-refractivity contribution in [2.24, 2.45) is 11.7 Å². The molecule has 106 valence electrons. The number of ether oxygens (including phenoxy) is 1. The van der Waals surface area contributed by atoms with Gasteiger partial charge in [0, 0.05) is 6.04 Å². The van der Waals surface area contributed by atoms with Crippen LogP contribution in [-0.4, -0.2) is 6.61 Å². The van der Waals surface area contributed by atoms with Crippen LogP contribution in [0, 0.1) is 5.92 Å². The maximum absolute atomic E-state index is 6.36. The second-order valence-corrected chi connectivity index (χ2v) is 6.32. The quantitative estimate of drug-likeness (QED) is 0.842. The number of hydrogen-bond acceptors (Lipinski definition) is 2. The molecular weight excluding hydrogens is 302 g/mol. The molecule has 0 aliphatic heterocycles. The Bertz CT molecular complexity index is 402. The normalized spacial score (nSPS) is 18.3. The Morgan fingerprint density at radius 2 is 2.05 bits per heavy atom. The van der Waals surface area contributed by atoms with E-state index in [0.717, 1.165) is 22.6 Å². The minimum absolute atomic E-state index is 0.148. The van der Waals surface area contributed by atoms with Crippen LogP contribution in [0.25, 0.3) is 0 Å². The highest BCUT2D eigenvalue weighted by atomic mass is 79.9. The van der Waals surface area contributed by atoms with Gasteiger partial charge in [0.2, 0.25) is 0 Å². The van der Waals surface area contributed by atoms with Gasteiger partial charge in [0.1, 0.15) is 5.75 Å². The minimum Gasteiger partial charge on any atom is -0.493 e. The Balaban J connectivity index is 1.98. The predicted octanol–water partition coefficient (Wildman–Crippen LogP) is 4.82. The largest absolute Gasteiger partial charge is 0.493 e. The van der Waals surface area contributed by atoms with Crippen molar-refractivity contribution in [1.29, 1.82) is 0 Å². The van der Waals surface area contributed by atoms with Crippen LogP contribution in [0.1, 0.15) is 57.1 Å². The summed E-state index contributed by atoms with van der Waals surface area (Å²) in [6.07, 6.45) is 7.98. The highest BCUT2D eigenvalue weighted by Crippen LogP contribution is 2.33. The molecule has 1 fully saturated rings. The van der Waals surface area contributed by atoms with Crippen LogP contribution in [0.3, 0.4) is 0 Å². The molecule has 1 aromatic carbocycles. The summed E-state index contributed by atoms with van der Waals surface area (Å²) < 4.78 is 6.54. The average Bonchev–Trinajstić information content (AvgIpc) is 2.42. The average molecular weight is 326 g/mol. The first-order valence-electron chi connectivity index (χ1n) is 7.38. The highest BCUT2D eigenvalue weighted by Gasteiger charge is 2.18. The maximum Gasteiger partial charge on any atom is 0.133 e. The SMILES string of the molecule is CCOc1ccc(C(N)CC2CCCCC2)cc1Br. The first-order valence-corrected chi connectivity index (χ1v) is 8.17.